The van der Waals surface area contributed by atoms with Gasteiger partial charge in [0.25, 0.3) is 5.91 Å². The Kier molecular flexibility index (Phi) is 4.93. The summed E-state index contributed by atoms with van der Waals surface area (Å²) in [6.45, 7) is 4.89. The smallest absolute Gasteiger partial charge is 0.261 e. The number of nitrogens with one attached hydrogen (secondary N) is 1. The molecule has 4 rings (SSSR count). The van der Waals surface area contributed by atoms with Crippen LogP contribution in [0, 0.1) is 0 Å². The fraction of sp³-hybridized carbons (Fsp3) is 0.409. The zero-order chi connectivity index (χ0) is 17.9. The summed E-state index contributed by atoms with van der Waals surface area (Å²) >= 11 is 0. The molecule has 0 saturated carbocycles. The number of carbonyl (C=O) groups is 1. The topological polar surface area (TPSA) is 41.6 Å². The molecular weight excluding hydrogens is 324 g/mol. The van der Waals surface area contributed by atoms with Gasteiger partial charge in [0.15, 0.2) is 6.10 Å². The van der Waals surface area contributed by atoms with Crippen LogP contribution in [0.3, 0.4) is 0 Å². The van der Waals surface area contributed by atoms with Crippen molar-refractivity contribution >= 4 is 5.91 Å². The summed E-state index contributed by atoms with van der Waals surface area (Å²) in [4.78, 5) is 15.1. The van der Waals surface area contributed by atoms with Crippen molar-refractivity contribution in [1.82, 2.24) is 10.2 Å². The summed E-state index contributed by atoms with van der Waals surface area (Å²) in [5.41, 5.74) is 3.99. The van der Waals surface area contributed by atoms with Crippen molar-refractivity contribution in [3.63, 3.8) is 0 Å². The van der Waals surface area contributed by atoms with Crippen molar-refractivity contribution in [1.29, 1.82) is 0 Å². The van der Waals surface area contributed by atoms with Crippen LogP contribution < -0.4 is 10.1 Å². The van der Waals surface area contributed by atoms with E-state index in [9.17, 15) is 4.79 Å². The molecular formula is C22H26N2O2. The van der Waals surface area contributed by atoms with E-state index in [1.807, 2.05) is 24.3 Å². The second-order valence-corrected chi connectivity index (χ2v) is 7.21. The maximum atomic E-state index is 12.6. The fourth-order valence-electron chi connectivity index (χ4n) is 4.02. The third kappa shape index (κ3) is 3.47. The fourth-order valence-corrected chi connectivity index (χ4v) is 4.02. The molecule has 0 unspecified atom stereocenters. The Bertz CT molecular complexity index is 764. The van der Waals surface area contributed by atoms with Gasteiger partial charge in [0.1, 0.15) is 5.75 Å². The normalized spacial score (nSPS) is 20.0. The van der Waals surface area contributed by atoms with Gasteiger partial charge in [-0.25, -0.2) is 0 Å². The van der Waals surface area contributed by atoms with Crippen molar-refractivity contribution in [2.75, 3.05) is 13.1 Å². The molecule has 4 heteroatoms. The molecule has 136 valence electrons. The molecule has 0 saturated heterocycles. The first kappa shape index (κ1) is 17.1. The van der Waals surface area contributed by atoms with Gasteiger partial charge in [0.2, 0.25) is 0 Å². The minimum Gasteiger partial charge on any atom is -0.480 e. The van der Waals surface area contributed by atoms with Crippen molar-refractivity contribution in [2.45, 2.75) is 44.9 Å². The van der Waals surface area contributed by atoms with E-state index in [1.165, 1.54) is 11.1 Å². The molecule has 1 amide bonds. The molecule has 4 nitrogen and oxygen atoms in total. The van der Waals surface area contributed by atoms with Gasteiger partial charge in [-0.2, -0.15) is 0 Å². The van der Waals surface area contributed by atoms with Crippen LogP contribution >= 0.6 is 0 Å². The average Bonchev–Trinajstić information content (AvgIpc) is 3.12. The lowest BCUT2D eigenvalue weighted by atomic mass is 9.98. The quantitative estimate of drug-likeness (QED) is 0.901. The molecule has 0 aliphatic carbocycles. The number of fused-ring (bicyclic) bond motifs is 2. The molecule has 1 N–H and O–H groups in total. The number of amides is 1. The lowest BCUT2D eigenvalue weighted by Gasteiger charge is -2.35. The predicted octanol–water partition coefficient (Wildman–Crippen LogP) is 2.94. The van der Waals surface area contributed by atoms with E-state index in [-0.39, 0.29) is 5.91 Å². The maximum absolute atomic E-state index is 12.6. The summed E-state index contributed by atoms with van der Waals surface area (Å²) in [5.74, 6) is 0.837. The van der Waals surface area contributed by atoms with Gasteiger partial charge >= 0.3 is 0 Å². The SMILES string of the molecule is CC[C@H](CNC(=O)[C@@H]1Cc2ccccc2O1)N1CCc2ccccc2C1. The zero-order valence-electron chi connectivity index (χ0n) is 15.3. The first-order valence-electron chi connectivity index (χ1n) is 9.57. The van der Waals surface area contributed by atoms with E-state index < -0.39 is 6.10 Å². The van der Waals surface area contributed by atoms with Crippen molar-refractivity contribution < 1.29 is 9.53 Å². The first-order valence-corrected chi connectivity index (χ1v) is 9.57. The van der Waals surface area contributed by atoms with Crippen LogP contribution in [0.4, 0.5) is 0 Å². The number of nitrogens with zero attached hydrogens (tertiary/aromatic N) is 1. The lowest BCUT2D eigenvalue weighted by molar-refractivity contribution is -0.127. The van der Waals surface area contributed by atoms with Crippen LogP contribution in [0.5, 0.6) is 5.75 Å². The molecule has 0 bridgehead atoms. The molecule has 2 aliphatic heterocycles. The Morgan fingerprint density at radius 1 is 1.15 bits per heavy atom. The summed E-state index contributed by atoms with van der Waals surface area (Å²) in [7, 11) is 0. The highest BCUT2D eigenvalue weighted by atomic mass is 16.5. The molecule has 2 aromatic carbocycles. The Labute approximate surface area is 155 Å². The summed E-state index contributed by atoms with van der Waals surface area (Å²) in [6.07, 6.45) is 2.37. The van der Waals surface area contributed by atoms with E-state index in [0.29, 0.717) is 19.0 Å². The summed E-state index contributed by atoms with van der Waals surface area (Å²) in [5, 5.41) is 3.13. The van der Waals surface area contributed by atoms with Gasteiger partial charge < -0.3 is 10.1 Å². The van der Waals surface area contributed by atoms with Gasteiger partial charge in [0.05, 0.1) is 0 Å². The number of ether oxygens (including phenoxy) is 1. The van der Waals surface area contributed by atoms with Gasteiger partial charge in [-0.05, 0) is 35.6 Å². The number of hydrogen-bond donors (Lipinski definition) is 1. The van der Waals surface area contributed by atoms with Gasteiger partial charge in [0, 0.05) is 32.1 Å². The molecule has 26 heavy (non-hydrogen) atoms. The van der Waals surface area contributed by atoms with Crippen LogP contribution in [0.25, 0.3) is 0 Å². The molecule has 0 radical (unpaired) electrons. The van der Waals surface area contributed by atoms with E-state index >= 15 is 0 Å². The Morgan fingerprint density at radius 2 is 1.88 bits per heavy atom. The van der Waals surface area contributed by atoms with Gasteiger partial charge in [-0.15, -0.1) is 0 Å². The van der Waals surface area contributed by atoms with E-state index in [2.05, 4.69) is 41.4 Å². The lowest BCUT2D eigenvalue weighted by Crippen LogP contribution is -2.48. The Morgan fingerprint density at radius 3 is 2.65 bits per heavy atom. The van der Waals surface area contributed by atoms with Crippen molar-refractivity contribution in [2.24, 2.45) is 0 Å². The van der Waals surface area contributed by atoms with E-state index in [1.54, 1.807) is 0 Å². The Hall–Kier alpha value is -2.33. The average molecular weight is 350 g/mol. The first-order chi connectivity index (χ1) is 12.7. The minimum absolute atomic E-state index is 0.00272. The van der Waals surface area contributed by atoms with Crippen LogP contribution in [0.15, 0.2) is 48.5 Å². The van der Waals surface area contributed by atoms with Crippen molar-refractivity contribution in [3.05, 3.63) is 65.2 Å². The maximum Gasteiger partial charge on any atom is 0.261 e. The second kappa shape index (κ2) is 7.50. The van der Waals surface area contributed by atoms with Gasteiger partial charge in [-0.3, -0.25) is 9.69 Å². The number of rotatable bonds is 5. The number of para-hydroxylation sites is 1. The molecule has 0 spiro atoms. The molecule has 2 aliphatic rings. The monoisotopic (exact) mass is 350 g/mol. The summed E-state index contributed by atoms with van der Waals surface area (Å²) in [6, 6.07) is 16.9. The molecule has 0 fully saturated rings. The highest BCUT2D eigenvalue weighted by molar-refractivity contribution is 5.82. The minimum atomic E-state index is -0.396. The largest absolute Gasteiger partial charge is 0.480 e. The predicted molar refractivity (Wildman–Crippen MR) is 102 cm³/mol. The molecule has 2 atom stereocenters. The Balaban J connectivity index is 1.33. The summed E-state index contributed by atoms with van der Waals surface area (Å²) < 4.78 is 5.80. The van der Waals surface area contributed by atoms with Gasteiger partial charge in [-0.1, -0.05) is 49.4 Å². The van der Waals surface area contributed by atoms with E-state index in [4.69, 9.17) is 4.74 Å². The standard InChI is InChI=1S/C22H26N2O2/c1-2-19(24-12-11-16-7-3-4-9-18(16)15-24)14-23-22(25)21-13-17-8-5-6-10-20(17)26-21/h3-10,19,21H,2,11-15H2,1H3,(H,23,25)/t19-,21+/m1/s1. The van der Waals surface area contributed by atoms with Crippen molar-refractivity contribution in [3.8, 4) is 5.75 Å². The highest BCUT2D eigenvalue weighted by Crippen LogP contribution is 2.28. The highest BCUT2D eigenvalue weighted by Gasteiger charge is 2.29. The number of carbonyl (C=O) groups excluding carboxylic acids is 1. The van der Waals surface area contributed by atoms with Crippen LogP contribution in [-0.2, 0) is 24.2 Å². The van der Waals surface area contributed by atoms with Crippen LogP contribution in [0.2, 0.25) is 0 Å². The van der Waals surface area contributed by atoms with Crippen LogP contribution in [0.1, 0.15) is 30.0 Å². The molecule has 2 heterocycles. The third-order valence-electron chi connectivity index (χ3n) is 5.60. The van der Waals surface area contributed by atoms with Crippen LogP contribution in [-0.4, -0.2) is 36.0 Å². The number of benzene rings is 2. The second-order valence-electron chi connectivity index (χ2n) is 7.21. The zero-order valence-corrected chi connectivity index (χ0v) is 15.3. The number of hydrogen-bond acceptors (Lipinski definition) is 3. The molecule has 0 aromatic heterocycles. The third-order valence-corrected chi connectivity index (χ3v) is 5.60. The van der Waals surface area contributed by atoms with E-state index in [0.717, 1.165) is 37.2 Å². The molecule has 2 aromatic rings.